The molecule has 0 saturated carbocycles. The van der Waals surface area contributed by atoms with Crippen molar-refractivity contribution in [3.8, 4) is 0 Å². The molecule has 1 unspecified atom stereocenters. The number of carbonyl (C=O) groups is 1. The Balaban J connectivity index is 1.38. The van der Waals surface area contributed by atoms with Gasteiger partial charge < -0.3 is 9.64 Å². The lowest BCUT2D eigenvalue weighted by Gasteiger charge is -2.47. The number of hydrazone groups is 1. The summed E-state index contributed by atoms with van der Waals surface area (Å²) < 4.78 is 72.0. The zero-order valence-corrected chi connectivity index (χ0v) is 22.2. The van der Waals surface area contributed by atoms with Crippen LogP contribution in [0.5, 0.6) is 0 Å². The van der Waals surface area contributed by atoms with Crippen molar-refractivity contribution in [1.29, 1.82) is 0 Å². The smallest absolute Gasteiger partial charge is 0.362 e. The number of sulfone groups is 1. The Morgan fingerprint density at radius 3 is 2.41 bits per heavy atom. The summed E-state index contributed by atoms with van der Waals surface area (Å²) in [6.45, 7) is 0.599. The number of benzene rings is 2. The number of halogens is 6. The maximum Gasteiger partial charge on any atom is 0.417 e. The van der Waals surface area contributed by atoms with Crippen LogP contribution in [0.1, 0.15) is 28.7 Å². The molecule has 198 valence electrons. The van der Waals surface area contributed by atoms with E-state index < -0.39 is 45.2 Å². The summed E-state index contributed by atoms with van der Waals surface area (Å²) in [6, 6.07) is 7.39. The normalized spacial score (nSPS) is 22.5. The predicted molar refractivity (Wildman–Crippen MR) is 133 cm³/mol. The SMILES string of the molecule is CS(=O)(=O)CC(=O)N1CC2(C1)OCc1cc(C3=NNC(c4cc(Cl)c(Cl)c(Cl)c4)(C(F)(F)F)C3)ccc12. The van der Waals surface area contributed by atoms with Crippen LogP contribution in [-0.2, 0) is 37.1 Å². The molecule has 0 aliphatic carbocycles. The minimum atomic E-state index is -4.74. The third-order valence-electron chi connectivity index (χ3n) is 6.84. The van der Waals surface area contributed by atoms with Crippen LogP contribution in [0, 0.1) is 0 Å². The highest BCUT2D eigenvalue weighted by atomic mass is 35.5. The zero-order chi connectivity index (χ0) is 27.0. The van der Waals surface area contributed by atoms with Crippen molar-refractivity contribution in [3.63, 3.8) is 0 Å². The molecule has 1 amide bonds. The van der Waals surface area contributed by atoms with E-state index in [0.717, 1.165) is 29.5 Å². The fourth-order valence-corrected chi connectivity index (χ4v) is 6.14. The molecule has 3 heterocycles. The van der Waals surface area contributed by atoms with Crippen molar-refractivity contribution < 1.29 is 31.1 Å². The van der Waals surface area contributed by atoms with Gasteiger partial charge in [-0.15, -0.1) is 0 Å². The van der Waals surface area contributed by atoms with Crippen LogP contribution < -0.4 is 5.43 Å². The first kappa shape index (κ1) is 26.6. The Morgan fingerprint density at radius 1 is 1.16 bits per heavy atom. The average molecular weight is 597 g/mol. The van der Waals surface area contributed by atoms with Crippen molar-refractivity contribution >= 4 is 56.3 Å². The lowest BCUT2D eigenvalue weighted by molar-refractivity contribution is -0.196. The fraction of sp³-hybridized carbons (Fsp3) is 0.391. The molecule has 1 spiro atoms. The van der Waals surface area contributed by atoms with E-state index in [1.807, 2.05) is 0 Å². The maximum absolute atomic E-state index is 14.4. The van der Waals surface area contributed by atoms with Gasteiger partial charge in [-0.3, -0.25) is 10.2 Å². The number of fused-ring (bicyclic) bond motifs is 2. The van der Waals surface area contributed by atoms with Gasteiger partial charge in [0.1, 0.15) is 11.4 Å². The summed E-state index contributed by atoms with van der Waals surface area (Å²) in [5, 5.41) is 3.78. The van der Waals surface area contributed by atoms with Gasteiger partial charge in [0.2, 0.25) is 5.91 Å². The molecule has 1 saturated heterocycles. The molecule has 14 heteroatoms. The van der Waals surface area contributed by atoms with Crippen molar-refractivity contribution in [2.24, 2.45) is 5.10 Å². The molecule has 2 aromatic rings. The number of carbonyl (C=O) groups excluding carboxylic acids is 1. The van der Waals surface area contributed by atoms with Crippen LogP contribution in [0.2, 0.25) is 15.1 Å². The minimum Gasteiger partial charge on any atom is -0.362 e. The third kappa shape index (κ3) is 4.48. The number of nitrogens with one attached hydrogen (secondary N) is 1. The molecule has 3 aliphatic rings. The molecule has 7 nitrogen and oxygen atoms in total. The van der Waals surface area contributed by atoms with Crippen LogP contribution >= 0.6 is 34.8 Å². The molecule has 5 rings (SSSR count). The van der Waals surface area contributed by atoms with E-state index in [-0.39, 0.29) is 46.0 Å². The molecular weight excluding hydrogens is 578 g/mol. The molecule has 0 bridgehead atoms. The zero-order valence-electron chi connectivity index (χ0n) is 19.1. The van der Waals surface area contributed by atoms with Gasteiger partial charge >= 0.3 is 6.18 Å². The highest BCUT2D eigenvalue weighted by Crippen LogP contribution is 2.48. The number of hydrogen-bond donors (Lipinski definition) is 1. The molecule has 1 atom stereocenters. The first-order chi connectivity index (χ1) is 17.1. The monoisotopic (exact) mass is 595 g/mol. The summed E-state index contributed by atoms with van der Waals surface area (Å²) in [5.74, 6) is -1.08. The molecule has 0 aromatic heterocycles. The van der Waals surface area contributed by atoms with E-state index >= 15 is 0 Å². The number of alkyl halides is 3. The Kier molecular flexibility index (Phi) is 6.27. The average Bonchev–Trinajstić information content (AvgIpc) is 3.37. The van der Waals surface area contributed by atoms with Gasteiger partial charge in [0.15, 0.2) is 15.4 Å². The van der Waals surface area contributed by atoms with Gasteiger partial charge in [0.05, 0.1) is 40.5 Å². The molecule has 0 radical (unpaired) electrons. The van der Waals surface area contributed by atoms with E-state index in [0.29, 0.717) is 5.56 Å². The van der Waals surface area contributed by atoms with Gasteiger partial charge in [0.25, 0.3) is 0 Å². The Morgan fingerprint density at radius 2 is 1.81 bits per heavy atom. The van der Waals surface area contributed by atoms with Crippen molar-refractivity contribution in [2.75, 3.05) is 25.1 Å². The standard InChI is InChI=1S/C23H19Cl3F3N3O4S/c1-37(34,35)9-19(33)32-10-21(11-32)15-3-2-12(4-13(15)8-36-21)18-7-22(31-30-18,23(27,28)29)14-5-16(24)20(26)17(25)6-14/h2-6,31H,7-11H2,1H3. The van der Waals surface area contributed by atoms with Crippen LogP contribution in [-0.4, -0.2) is 56.2 Å². The third-order valence-corrected chi connectivity index (χ3v) is 8.81. The van der Waals surface area contributed by atoms with Crippen LogP contribution in [0.25, 0.3) is 0 Å². The first-order valence-electron chi connectivity index (χ1n) is 10.9. The summed E-state index contributed by atoms with van der Waals surface area (Å²) in [7, 11) is -3.45. The highest BCUT2D eigenvalue weighted by Gasteiger charge is 2.59. The van der Waals surface area contributed by atoms with Crippen molar-refractivity contribution in [3.05, 3.63) is 67.7 Å². The van der Waals surface area contributed by atoms with Crippen LogP contribution in [0.4, 0.5) is 13.2 Å². The Labute approximate surface area is 225 Å². The highest BCUT2D eigenvalue weighted by molar-refractivity contribution is 7.91. The van der Waals surface area contributed by atoms with Crippen LogP contribution in [0.3, 0.4) is 0 Å². The molecule has 2 aromatic carbocycles. The number of amides is 1. The quantitative estimate of drug-likeness (QED) is 0.529. The molecule has 37 heavy (non-hydrogen) atoms. The minimum absolute atomic E-state index is 0.0383. The molecular formula is C23H19Cl3F3N3O4S. The van der Waals surface area contributed by atoms with E-state index in [1.54, 1.807) is 18.2 Å². The second-order valence-corrected chi connectivity index (χ2v) is 12.8. The summed E-state index contributed by atoms with van der Waals surface area (Å²) in [6.07, 6.45) is -4.26. The number of likely N-dealkylation sites (tertiary alicyclic amines) is 1. The molecule has 1 fully saturated rings. The molecule has 1 N–H and O–H groups in total. The van der Waals surface area contributed by atoms with Crippen LogP contribution in [0.15, 0.2) is 35.4 Å². The van der Waals surface area contributed by atoms with Gasteiger partial charge in [-0.25, -0.2) is 8.42 Å². The number of ether oxygens (including phenoxy) is 1. The van der Waals surface area contributed by atoms with Gasteiger partial charge in [-0.2, -0.15) is 18.3 Å². The fourth-order valence-electron chi connectivity index (χ4n) is 4.91. The van der Waals surface area contributed by atoms with Gasteiger partial charge in [0, 0.05) is 12.7 Å². The largest absolute Gasteiger partial charge is 0.417 e. The second kappa shape index (κ2) is 8.74. The number of rotatable bonds is 4. The Bertz CT molecular complexity index is 1440. The van der Waals surface area contributed by atoms with Crippen molar-refractivity contribution in [1.82, 2.24) is 10.3 Å². The van der Waals surface area contributed by atoms with E-state index in [1.165, 1.54) is 4.90 Å². The van der Waals surface area contributed by atoms with Gasteiger partial charge in [-0.1, -0.05) is 46.9 Å². The summed E-state index contributed by atoms with van der Waals surface area (Å²) in [4.78, 5) is 13.6. The summed E-state index contributed by atoms with van der Waals surface area (Å²) in [5.41, 5.74) is 0.980. The second-order valence-electron chi connectivity index (χ2n) is 9.48. The number of nitrogens with zero attached hydrogens (tertiary/aromatic N) is 2. The maximum atomic E-state index is 14.4. The topological polar surface area (TPSA) is 88.1 Å². The predicted octanol–water partition coefficient (Wildman–Crippen LogP) is 4.41. The first-order valence-corrected chi connectivity index (χ1v) is 14.1. The van der Waals surface area contributed by atoms with E-state index in [4.69, 9.17) is 39.5 Å². The van der Waals surface area contributed by atoms with Crippen molar-refractivity contribution in [2.45, 2.75) is 30.3 Å². The Hall–Kier alpha value is -2.05. The van der Waals surface area contributed by atoms with Gasteiger partial charge in [-0.05, 0) is 40.5 Å². The lowest BCUT2D eigenvalue weighted by atomic mass is 9.82. The van der Waals surface area contributed by atoms with E-state index in [9.17, 15) is 26.4 Å². The number of hydrogen-bond acceptors (Lipinski definition) is 6. The lowest BCUT2D eigenvalue weighted by Crippen LogP contribution is -2.62. The van der Waals surface area contributed by atoms with E-state index in [2.05, 4.69) is 10.5 Å². The molecule has 3 aliphatic heterocycles. The summed E-state index contributed by atoms with van der Waals surface area (Å²) >= 11 is 18.0.